The number of phenolic OH excluding ortho intramolecular Hbond substituents is 1. The Morgan fingerprint density at radius 3 is 2.25 bits per heavy atom. The molecule has 0 amide bonds. The van der Waals surface area contributed by atoms with Crippen LogP contribution in [-0.2, 0) is 11.0 Å². The quantitative estimate of drug-likeness (QED) is 0.515. The van der Waals surface area contributed by atoms with Gasteiger partial charge in [-0.15, -0.1) is 0 Å². The molecule has 0 aliphatic rings. The highest BCUT2D eigenvalue weighted by molar-refractivity contribution is 6.05. The molecule has 2 aromatic carbocycles. The summed E-state index contributed by atoms with van der Waals surface area (Å²) in [6.07, 6.45) is -4.55. The molecule has 0 saturated carbocycles. The first-order valence-corrected chi connectivity index (χ1v) is 7.94. The fraction of sp³-hybridized carbons (Fsp3) is 0.158. The first-order valence-electron chi connectivity index (χ1n) is 7.94. The molecule has 146 valence electrons. The minimum absolute atomic E-state index is 0.00560. The van der Waals surface area contributed by atoms with Gasteiger partial charge in [-0.1, -0.05) is 0 Å². The molecule has 3 rings (SSSR count). The van der Waals surface area contributed by atoms with E-state index in [-0.39, 0.29) is 27.9 Å². The van der Waals surface area contributed by atoms with Crippen molar-refractivity contribution in [2.24, 2.45) is 0 Å². The van der Waals surface area contributed by atoms with Crippen LogP contribution in [0, 0.1) is 12.7 Å². The SMILES string of the molecule is CC(=O)Oc1c(C)n(C(=O)c2ccc(C(F)(F)F)cc2)c2cc(F)c(O)cc12. The van der Waals surface area contributed by atoms with Gasteiger partial charge < -0.3 is 9.84 Å². The lowest BCUT2D eigenvalue weighted by atomic mass is 10.1. The predicted octanol–water partition coefficient (Wildman–Crippen LogP) is 4.43. The van der Waals surface area contributed by atoms with Crippen molar-refractivity contribution in [3.63, 3.8) is 0 Å². The smallest absolute Gasteiger partial charge is 0.416 e. The predicted molar refractivity (Wildman–Crippen MR) is 90.8 cm³/mol. The number of phenols is 1. The molecule has 0 bridgehead atoms. The molecule has 1 heterocycles. The van der Waals surface area contributed by atoms with Crippen molar-refractivity contribution in [2.45, 2.75) is 20.0 Å². The Morgan fingerprint density at radius 2 is 1.71 bits per heavy atom. The van der Waals surface area contributed by atoms with Gasteiger partial charge in [-0.25, -0.2) is 4.39 Å². The topological polar surface area (TPSA) is 68.5 Å². The number of hydrogen-bond acceptors (Lipinski definition) is 4. The van der Waals surface area contributed by atoms with Gasteiger partial charge in [0.2, 0.25) is 0 Å². The summed E-state index contributed by atoms with van der Waals surface area (Å²) in [5, 5.41) is 9.73. The van der Waals surface area contributed by atoms with Gasteiger partial charge in [0.25, 0.3) is 5.91 Å². The van der Waals surface area contributed by atoms with E-state index in [0.717, 1.165) is 47.9 Å². The minimum Gasteiger partial charge on any atom is -0.505 e. The number of nitrogens with zero attached hydrogens (tertiary/aromatic N) is 1. The first-order chi connectivity index (χ1) is 13.0. The Balaban J connectivity index is 2.19. The summed E-state index contributed by atoms with van der Waals surface area (Å²) in [6.45, 7) is 2.55. The zero-order chi connectivity index (χ0) is 20.8. The standard InChI is InChI=1S/C19H13F4NO4/c1-9-17(28-10(2)25)13-7-16(26)14(20)8-15(13)24(9)18(27)11-3-5-12(6-4-11)19(21,22)23/h3-8,26H,1-2H3. The fourth-order valence-electron chi connectivity index (χ4n) is 2.86. The zero-order valence-electron chi connectivity index (χ0n) is 14.6. The Hall–Kier alpha value is -3.36. The number of benzene rings is 2. The normalized spacial score (nSPS) is 11.6. The maximum Gasteiger partial charge on any atom is 0.416 e. The first kappa shape index (κ1) is 19.4. The van der Waals surface area contributed by atoms with Gasteiger partial charge in [0.1, 0.15) is 0 Å². The van der Waals surface area contributed by atoms with Crippen LogP contribution in [-0.4, -0.2) is 21.6 Å². The van der Waals surface area contributed by atoms with Crippen molar-refractivity contribution in [1.29, 1.82) is 0 Å². The molecule has 0 fully saturated rings. The Bertz CT molecular complexity index is 1100. The second kappa shape index (κ2) is 6.66. The molecule has 9 heteroatoms. The molecule has 1 N–H and O–H groups in total. The van der Waals surface area contributed by atoms with Crippen molar-refractivity contribution in [2.75, 3.05) is 0 Å². The highest BCUT2D eigenvalue weighted by Gasteiger charge is 2.30. The van der Waals surface area contributed by atoms with Crippen LogP contribution in [0.15, 0.2) is 36.4 Å². The number of aromatic hydroxyl groups is 1. The number of hydrogen-bond donors (Lipinski definition) is 1. The summed E-state index contributed by atoms with van der Waals surface area (Å²) in [5.74, 6) is -3.23. The van der Waals surface area contributed by atoms with Crippen LogP contribution >= 0.6 is 0 Å². The zero-order valence-corrected chi connectivity index (χ0v) is 14.6. The number of esters is 1. The number of fused-ring (bicyclic) bond motifs is 1. The monoisotopic (exact) mass is 395 g/mol. The summed E-state index contributed by atoms with van der Waals surface area (Å²) in [6, 6.07) is 5.40. The van der Waals surface area contributed by atoms with E-state index in [2.05, 4.69) is 0 Å². The second-order valence-corrected chi connectivity index (χ2v) is 6.04. The van der Waals surface area contributed by atoms with Crippen molar-refractivity contribution < 1.29 is 37.0 Å². The lowest BCUT2D eigenvalue weighted by Gasteiger charge is -2.10. The van der Waals surface area contributed by atoms with Crippen LogP contribution in [0.2, 0.25) is 0 Å². The molecule has 0 saturated heterocycles. The third-order valence-corrected chi connectivity index (χ3v) is 4.12. The molecular formula is C19H13F4NO4. The number of alkyl halides is 3. The van der Waals surface area contributed by atoms with Crippen molar-refractivity contribution >= 4 is 22.8 Å². The van der Waals surface area contributed by atoms with Crippen LogP contribution in [0.25, 0.3) is 10.9 Å². The number of carbonyl (C=O) groups is 2. The van der Waals surface area contributed by atoms with Gasteiger partial charge in [-0.3, -0.25) is 14.2 Å². The van der Waals surface area contributed by atoms with Crippen LogP contribution < -0.4 is 4.74 Å². The van der Waals surface area contributed by atoms with Crippen molar-refractivity contribution in [1.82, 2.24) is 4.57 Å². The molecule has 3 aromatic rings. The molecule has 0 aliphatic carbocycles. The average Bonchev–Trinajstić information content (AvgIpc) is 2.85. The van der Waals surface area contributed by atoms with Crippen molar-refractivity contribution in [3.8, 4) is 11.5 Å². The number of halogens is 4. The van der Waals surface area contributed by atoms with Crippen LogP contribution in [0.4, 0.5) is 17.6 Å². The second-order valence-electron chi connectivity index (χ2n) is 6.04. The molecule has 0 spiro atoms. The van der Waals surface area contributed by atoms with Gasteiger partial charge in [-0.05, 0) is 37.3 Å². The summed E-state index contributed by atoms with van der Waals surface area (Å²) in [4.78, 5) is 24.3. The van der Waals surface area contributed by atoms with Crippen LogP contribution in [0.3, 0.4) is 0 Å². The van der Waals surface area contributed by atoms with Gasteiger partial charge >= 0.3 is 12.1 Å². The van der Waals surface area contributed by atoms with Crippen LogP contribution in [0.5, 0.6) is 11.5 Å². The van der Waals surface area contributed by atoms with E-state index in [9.17, 15) is 32.3 Å². The third-order valence-electron chi connectivity index (χ3n) is 4.12. The largest absolute Gasteiger partial charge is 0.505 e. The van der Waals surface area contributed by atoms with E-state index in [1.807, 2.05) is 0 Å². The van der Waals surface area contributed by atoms with E-state index in [1.54, 1.807) is 0 Å². The molecule has 0 radical (unpaired) electrons. The summed E-state index contributed by atoms with van der Waals surface area (Å²) in [7, 11) is 0. The molecular weight excluding hydrogens is 382 g/mol. The van der Waals surface area contributed by atoms with E-state index in [0.29, 0.717) is 0 Å². The maximum atomic E-state index is 13.9. The number of aromatic nitrogens is 1. The van der Waals surface area contributed by atoms with E-state index in [1.165, 1.54) is 6.92 Å². The highest BCUT2D eigenvalue weighted by atomic mass is 19.4. The Morgan fingerprint density at radius 1 is 1.11 bits per heavy atom. The Labute approximate surface area is 155 Å². The van der Waals surface area contributed by atoms with Gasteiger partial charge in [0.05, 0.1) is 16.8 Å². The summed E-state index contributed by atoms with van der Waals surface area (Å²) < 4.78 is 58.1. The molecule has 0 unspecified atom stereocenters. The molecule has 28 heavy (non-hydrogen) atoms. The van der Waals surface area contributed by atoms with E-state index < -0.39 is 35.2 Å². The maximum absolute atomic E-state index is 13.9. The van der Waals surface area contributed by atoms with Gasteiger partial charge in [0, 0.05) is 23.9 Å². The Kier molecular flexibility index (Phi) is 4.62. The number of carbonyl (C=O) groups excluding carboxylic acids is 2. The lowest BCUT2D eigenvalue weighted by Crippen LogP contribution is -2.14. The number of rotatable bonds is 2. The highest BCUT2D eigenvalue weighted by Crippen LogP contribution is 2.37. The fourth-order valence-corrected chi connectivity index (χ4v) is 2.86. The molecule has 5 nitrogen and oxygen atoms in total. The minimum atomic E-state index is -4.55. The van der Waals surface area contributed by atoms with Crippen molar-refractivity contribution in [3.05, 3.63) is 59.0 Å². The van der Waals surface area contributed by atoms with Gasteiger partial charge in [-0.2, -0.15) is 13.2 Å². The number of ether oxygens (including phenoxy) is 1. The average molecular weight is 395 g/mol. The summed E-state index contributed by atoms with van der Waals surface area (Å²) in [5.41, 5.74) is -0.889. The third kappa shape index (κ3) is 3.30. The molecule has 1 aromatic heterocycles. The summed E-state index contributed by atoms with van der Waals surface area (Å²) >= 11 is 0. The van der Waals surface area contributed by atoms with E-state index >= 15 is 0 Å². The van der Waals surface area contributed by atoms with Crippen LogP contribution in [0.1, 0.15) is 28.5 Å². The van der Waals surface area contributed by atoms with Gasteiger partial charge in [0.15, 0.2) is 17.3 Å². The molecule has 0 atom stereocenters. The molecule has 0 aliphatic heterocycles. The van der Waals surface area contributed by atoms with E-state index in [4.69, 9.17) is 4.74 Å². The lowest BCUT2D eigenvalue weighted by molar-refractivity contribution is -0.137.